The number of benzene rings is 1. The Bertz CT molecular complexity index is 1030. The van der Waals surface area contributed by atoms with Gasteiger partial charge in [0.25, 0.3) is 0 Å². The number of aryl methyl sites for hydroxylation is 2. The minimum atomic E-state index is -0.933. The molecule has 1 aliphatic rings. The molecule has 1 fully saturated rings. The summed E-state index contributed by atoms with van der Waals surface area (Å²) < 4.78 is 43.6. The zero-order valence-electron chi connectivity index (χ0n) is 15.5. The molecule has 0 aliphatic carbocycles. The Labute approximate surface area is 180 Å². The van der Waals surface area contributed by atoms with Crippen molar-refractivity contribution in [3.8, 4) is 11.1 Å². The number of hydrogen-bond donors (Lipinski definition) is 1. The summed E-state index contributed by atoms with van der Waals surface area (Å²) >= 11 is 8.20. The Morgan fingerprint density at radius 3 is 2.57 bits per heavy atom. The highest BCUT2D eigenvalue weighted by atomic mass is 127. The molecule has 148 valence electrons. The zero-order chi connectivity index (χ0) is 20.8. The van der Waals surface area contributed by atoms with Crippen molar-refractivity contribution in [3.63, 3.8) is 0 Å². The molecule has 2 heterocycles. The number of halogens is 5. The van der Waals surface area contributed by atoms with Gasteiger partial charge in [0.15, 0.2) is 0 Å². The van der Waals surface area contributed by atoms with E-state index < -0.39 is 23.0 Å². The van der Waals surface area contributed by atoms with Crippen molar-refractivity contribution in [2.24, 2.45) is 7.05 Å². The van der Waals surface area contributed by atoms with Crippen molar-refractivity contribution < 1.29 is 13.2 Å². The fourth-order valence-electron chi connectivity index (χ4n) is 3.53. The average Bonchev–Trinajstić information content (AvgIpc) is 3.26. The van der Waals surface area contributed by atoms with Gasteiger partial charge in [-0.25, -0.2) is 13.2 Å². The van der Waals surface area contributed by atoms with Crippen molar-refractivity contribution in [3.05, 3.63) is 73.9 Å². The second-order valence-electron chi connectivity index (χ2n) is 6.67. The second-order valence-corrected chi connectivity index (χ2v) is 8.24. The largest absolute Gasteiger partial charge is 0.299 e. The van der Waals surface area contributed by atoms with Crippen molar-refractivity contribution in [2.75, 3.05) is 6.54 Å². The smallest absolute Gasteiger partial charge is 0.124 e. The summed E-state index contributed by atoms with van der Waals surface area (Å²) in [4.78, 5) is 0. The quantitative estimate of drug-likeness (QED) is 0.298. The maximum Gasteiger partial charge on any atom is 0.124 e. The van der Waals surface area contributed by atoms with Gasteiger partial charge in [-0.2, -0.15) is 5.10 Å². The van der Waals surface area contributed by atoms with Crippen LogP contribution in [0.1, 0.15) is 18.3 Å². The van der Waals surface area contributed by atoms with Gasteiger partial charge in [-0.05, 0) is 60.7 Å². The van der Waals surface area contributed by atoms with Crippen LogP contribution in [0.3, 0.4) is 0 Å². The summed E-state index contributed by atoms with van der Waals surface area (Å²) in [6.07, 6.45) is 1.26. The van der Waals surface area contributed by atoms with Crippen molar-refractivity contribution in [1.82, 2.24) is 15.1 Å². The maximum absolute atomic E-state index is 14.5. The molecule has 1 aromatic heterocycles. The lowest BCUT2D eigenvalue weighted by Gasteiger charge is -2.21. The molecule has 3 nitrogen and oxygen atoms in total. The summed E-state index contributed by atoms with van der Waals surface area (Å²) in [5.41, 5.74) is 1.90. The molecular weight excluding hydrogens is 502 g/mol. The average molecular weight is 520 g/mol. The predicted molar refractivity (Wildman–Crippen MR) is 114 cm³/mol. The predicted octanol–water partition coefficient (Wildman–Crippen LogP) is 6.03. The van der Waals surface area contributed by atoms with E-state index in [1.54, 1.807) is 24.7 Å². The fraction of sp³-hybridized carbons (Fsp3) is 0.250. The molecule has 0 spiro atoms. The first-order valence-electron chi connectivity index (χ1n) is 8.42. The molecule has 1 aromatic carbocycles. The molecular formula is C20H18ClF3IN3. The van der Waals surface area contributed by atoms with Crippen LogP contribution in [0.2, 0.25) is 5.02 Å². The number of nitrogens with zero attached hydrogens (tertiary/aromatic N) is 2. The van der Waals surface area contributed by atoms with Crippen LogP contribution in [0.5, 0.6) is 0 Å². The van der Waals surface area contributed by atoms with Crippen LogP contribution in [0.15, 0.2) is 51.7 Å². The van der Waals surface area contributed by atoms with Gasteiger partial charge in [-0.1, -0.05) is 18.2 Å². The summed E-state index contributed by atoms with van der Waals surface area (Å²) in [5, 5.41) is 7.91. The van der Waals surface area contributed by atoms with E-state index >= 15 is 0 Å². The second kappa shape index (κ2) is 7.68. The van der Waals surface area contributed by atoms with Crippen molar-refractivity contribution in [1.29, 1.82) is 0 Å². The van der Waals surface area contributed by atoms with Gasteiger partial charge >= 0.3 is 0 Å². The van der Waals surface area contributed by atoms with Gasteiger partial charge in [0, 0.05) is 33.9 Å². The summed E-state index contributed by atoms with van der Waals surface area (Å²) in [6.45, 7) is 6.97. The number of nitrogens with one attached hydrogen (secondary N) is 1. The van der Waals surface area contributed by atoms with E-state index in [-0.39, 0.29) is 10.6 Å². The number of allylic oxidation sites excluding steroid dienone is 3. The van der Waals surface area contributed by atoms with Gasteiger partial charge in [-0.15, -0.1) is 0 Å². The third-order valence-electron chi connectivity index (χ3n) is 4.62. The van der Waals surface area contributed by atoms with E-state index in [4.69, 9.17) is 11.6 Å². The lowest BCUT2D eigenvalue weighted by Crippen LogP contribution is -2.22. The lowest BCUT2D eigenvalue weighted by atomic mass is 9.88. The molecule has 0 radical (unpaired) electrons. The van der Waals surface area contributed by atoms with E-state index in [0.717, 1.165) is 0 Å². The molecule has 0 bridgehead atoms. The van der Waals surface area contributed by atoms with Crippen LogP contribution in [-0.4, -0.2) is 16.3 Å². The number of hydrogen-bond acceptors (Lipinski definition) is 2. The van der Waals surface area contributed by atoms with Crippen LogP contribution in [0.4, 0.5) is 13.2 Å². The summed E-state index contributed by atoms with van der Waals surface area (Å²) in [7, 11) is 1.74. The third kappa shape index (κ3) is 3.67. The van der Waals surface area contributed by atoms with Crippen LogP contribution < -0.4 is 5.32 Å². The molecule has 1 N–H and O–H groups in total. The van der Waals surface area contributed by atoms with E-state index in [9.17, 15) is 13.2 Å². The molecule has 0 saturated carbocycles. The van der Waals surface area contributed by atoms with Crippen LogP contribution >= 0.6 is 34.2 Å². The highest BCUT2D eigenvalue weighted by Crippen LogP contribution is 2.49. The Balaban J connectivity index is 2.30. The Morgan fingerprint density at radius 1 is 1.43 bits per heavy atom. The third-order valence-corrected chi connectivity index (χ3v) is 5.78. The summed E-state index contributed by atoms with van der Waals surface area (Å²) in [6, 6.07) is 4.11. The highest BCUT2D eigenvalue weighted by molar-refractivity contribution is 14.1. The van der Waals surface area contributed by atoms with Crippen molar-refractivity contribution >= 4 is 34.2 Å². The fourth-order valence-corrected chi connectivity index (χ4v) is 4.97. The van der Waals surface area contributed by atoms with Gasteiger partial charge in [-0.3, -0.25) is 10.00 Å². The minimum Gasteiger partial charge on any atom is -0.299 e. The topological polar surface area (TPSA) is 39.8 Å². The Kier molecular flexibility index (Phi) is 5.80. The molecule has 1 atom stereocenters. The molecule has 3 rings (SSSR count). The van der Waals surface area contributed by atoms with Crippen LogP contribution in [-0.2, 0) is 12.6 Å². The molecule has 1 saturated heterocycles. The molecule has 1 aliphatic heterocycles. The minimum absolute atomic E-state index is 0.229. The van der Waals surface area contributed by atoms with Gasteiger partial charge in [0.05, 0.1) is 22.2 Å². The van der Waals surface area contributed by atoms with Crippen LogP contribution in [0.25, 0.3) is 11.1 Å². The van der Waals surface area contributed by atoms with Crippen LogP contribution in [0, 0.1) is 12.7 Å². The SMILES string of the molecule is C=C(F)/C(=C(I)\C=C(/C)F)C1(c2c(-c3ccc(F)cc3Cl)c(C)nn2C)CN1. The van der Waals surface area contributed by atoms with E-state index in [1.807, 2.05) is 22.6 Å². The number of rotatable bonds is 5. The lowest BCUT2D eigenvalue weighted by molar-refractivity contribution is 0.587. The molecule has 28 heavy (non-hydrogen) atoms. The van der Waals surface area contributed by atoms with E-state index in [1.165, 1.54) is 25.1 Å². The standard InChI is InChI=1S/C20H18ClF3IN3/c1-10(22)7-16(25)18(11(2)23)20(9-26-20)19-17(12(3)27-28(19)4)14-6-5-13(24)8-15(14)21/h5-8,26H,2,9H2,1,3-4H3/b10-7+,18-16-. The Morgan fingerprint density at radius 2 is 2.07 bits per heavy atom. The molecule has 1 unspecified atom stereocenters. The Hall–Kier alpha value is -1.58. The normalized spacial score (nSPS) is 20.2. The zero-order valence-corrected chi connectivity index (χ0v) is 18.4. The van der Waals surface area contributed by atoms with Crippen molar-refractivity contribution in [2.45, 2.75) is 19.4 Å². The van der Waals surface area contributed by atoms with E-state index in [0.29, 0.717) is 32.6 Å². The van der Waals surface area contributed by atoms with Gasteiger partial charge < -0.3 is 0 Å². The molecule has 0 amide bonds. The maximum atomic E-state index is 14.5. The monoisotopic (exact) mass is 519 g/mol. The molecule has 8 heteroatoms. The summed E-state index contributed by atoms with van der Waals surface area (Å²) in [5.74, 6) is -1.56. The first-order valence-corrected chi connectivity index (χ1v) is 9.87. The molecule has 2 aromatic rings. The van der Waals surface area contributed by atoms with Gasteiger partial charge in [0.1, 0.15) is 17.2 Å². The van der Waals surface area contributed by atoms with E-state index in [2.05, 4.69) is 17.0 Å². The highest BCUT2D eigenvalue weighted by Gasteiger charge is 2.53. The first kappa shape index (κ1) is 21.1. The first-order chi connectivity index (χ1) is 13.1. The van der Waals surface area contributed by atoms with Gasteiger partial charge in [0.2, 0.25) is 0 Å². The number of aromatic nitrogens is 2.